The van der Waals surface area contributed by atoms with Gasteiger partial charge in [0.2, 0.25) is 0 Å². The molecule has 9 nitrogen and oxygen atoms in total. The zero-order chi connectivity index (χ0) is 24.7. The maximum Gasteiger partial charge on any atom is 0.333 e. The second kappa shape index (κ2) is 8.67. The summed E-state index contributed by atoms with van der Waals surface area (Å²) in [7, 11) is 0. The molecule has 0 bridgehead atoms. The molecule has 0 unspecified atom stereocenters. The Morgan fingerprint density at radius 3 is 2.57 bits per heavy atom. The van der Waals surface area contributed by atoms with Crippen LogP contribution in [0.4, 0.5) is 20.3 Å². The van der Waals surface area contributed by atoms with E-state index in [1.165, 1.54) is 20.0 Å². The van der Waals surface area contributed by atoms with E-state index in [0.717, 1.165) is 16.9 Å². The minimum atomic E-state index is -2.79. The molecule has 0 radical (unpaired) electrons. The van der Waals surface area contributed by atoms with Gasteiger partial charge < -0.3 is 5.32 Å². The number of halogens is 2. The SMILES string of the molecule is CC(=O)c1ccc(-n2cnc3cc(Nc4ccc(C)nn4)ccc32)nc1-c1cnn(C(F)F)c1C. The van der Waals surface area contributed by atoms with Gasteiger partial charge in [-0.25, -0.2) is 14.6 Å². The molecule has 0 amide bonds. The van der Waals surface area contributed by atoms with E-state index >= 15 is 0 Å². The number of Topliss-reactive ketones (excluding diaryl/α,β-unsaturated/α-hetero) is 1. The van der Waals surface area contributed by atoms with E-state index in [9.17, 15) is 13.6 Å². The fourth-order valence-electron chi connectivity index (χ4n) is 3.81. The highest BCUT2D eigenvalue weighted by Crippen LogP contribution is 2.30. The maximum absolute atomic E-state index is 13.3. The van der Waals surface area contributed by atoms with E-state index < -0.39 is 6.55 Å². The lowest BCUT2D eigenvalue weighted by atomic mass is 10.0. The van der Waals surface area contributed by atoms with Gasteiger partial charge in [0.25, 0.3) is 0 Å². The normalized spacial score (nSPS) is 11.4. The van der Waals surface area contributed by atoms with Crippen LogP contribution in [0.3, 0.4) is 0 Å². The highest BCUT2D eigenvalue weighted by atomic mass is 19.3. The predicted octanol–water partition coefficient (Wildman–Crippen LogP) is 5.03. The van der Waals surface area contributed by atoms with Crippen LogP contribution in [0.2, 0.25) is 0 Å². The van der Waals surface area contributed by atoms with Gasteiger partial charge in [-0.1, -0.05) is 0 Å². The second-order valence-corrected chi connectivity index (χ2v) is 7.99. The highest BCUT2D eigenvalue weighted by Gasteiger charge is 2.21. The van der Waals surface area contributed by atoms with Gasteiger partial charge in [0, 0.05) is 16.8 Å². The van der Waals surface area contributed by atoms with E-state index in [4.69, 9.17) is 0 Å². The van der Waals surface area contributed by atoms with E-state index in [2.05, 4.69) is 30.6 Å². The summed E-state index contributed by atoms with van der Waals surface area (Å²) in [4.78, 5) is 21.4. The van der Waals surface area contributed by atoms with Crippen molar-refractivity contribution in [1.29, 1.82) is 0 Å². The number of nitrogens with zero attached hydrogens (tertiary/aromatic N) is 7. The second-order valence-electron chi connectivity index (χ2n) is 7.99. The van der Waals surface area contributed by atoms with Gasteiger partial charge in [0.1, 0.15) is 12.1 Å². The predicted molar refractivity (Wildman–Crippen MR) is 126 cm³/mol. The molecule has 5 aromatic rings. The molecule has 11 heteroatoms. The van der Waals surface area contributed by atoms with Gasteiger partial charge in [-0.3, -0.25) is 9.36 Å². The molecule has 1 aromatic carbocycles. The van der Waals surface area contributed by atoms with Crippen LogP contribution in [0.25, 0.3) is 28.1 Å². The molecule has 0 spiro atoms. The third-order valence-corrected chi connectivity index (χ3v) is 5.61. The number of nitrogens with one attached hydrogen (secondary N) is 1. The number of pyridine rings is 1. The van der Waals surface area contributed by atoms with Gasteiger partial charge >= 0.3 is 6.55 Å². The number of aromatic nitrogens is 7. The molecule has 0 saturated carbocycles. The minimum Gasteiger partial charge on any atom is -0.339 e. The Labute approximate surface area is 198 Å². The van der Waals surface area contributed by atoms with Gasteiger partial charge in [0.05, 0.1) is 34.3 Å². The first kappa shape index (κ1) is 22.3. The van der Waals surface area contributed by atoms with Crippen molar-refractivity contribution in [2.75, 3.05) is 5.32 Å². The number of alkyl halides is 2. The first-order chi connectivity index (χ1) is 16.8. The number of aryl methyl sites for hydroxylation is 1. The zero-order valence-corrected chi connectivity index (χ0v) is 19.1. The monoisotopic (exact) mass is 474 g/mol. The van der Waals surface area contributed by atoms with Crippen LogP contribution in [-0.4, -0.2) is 40.3 Å². The smallest absolute Gasteiger partial charge is 0.333 e. The number of anilines is 2. The third-order valence-electron chi connectivity index (χ3n) is 5.61. The van der Waals surface area contributed by atoms with Gasteiger partial charge in [-0.05, 0) is 63.2 Å². The molecule has 5 rings (SSSR count). The summed E-state index contributed by atoms with van der Waals surface area (Å²) in [6.45, 7) is 2.00. The van der Waals surface area contributed by atoms with E-state index in [1.54, 1.807) is 23.0 Å². The first-order valence-corrected chi connectivity index (χ1v) is 10.7. The van der Waals surface area contributed by atoms with Crippen molar-refractivity contribution < 1.29 is 13.6 Å². The number of carbonyl (C=O) groups is 1. The van der Waals surface area contributed by atoms with Crippen LogP contribution >= 0.6 is 0 Å². The first-order valence-electron chi connectivity index (χ1n) is 10.7. The van der Waals surface area contributed by atoms with Crippen LogP contribution in [0.5, 0.6) is 0 Å². The fourth-order valence-corrected chi connectivity index (χ4v) is 3.81. The molecule has 176 valence electrons. The highest BCUT2D eigenvalue weighted by molar-refractivity contribution is 6.00. The van der Waals surface area contributed by atoms with Gasteiger partial charge in [-0.15, -0.1) is 5.10 Å². The Morgan fingerprint density at radius 2 is 1.89 bits per heavy atom. The summed E-state index contributed by atoms with van der Waals surface area (Å²) in [5.74, 6) is 0.871. The standard InChI is InChI=1S/C24H20F2N8O/c1-13-4-8-21(32-31-13)29-16-5-7-20-19(10-16)27-12-33(20)22-9-6-17(15(3)35)23(30-22)18-11-28-34(14(18)2)24(25)26/h4-12,24H,1-3H3,(H,29,32). The average molecular weight is 474 g/mol. The van der Waals surface area contributed by atoms with Crippen molar-refractivity contribution in [3.8, 4) is 17.1 Å². The topological polar surface area (TPSA) is 103 Å². The summed E-state index contributed by atoms with van der Waals surface area (Å²) >= 11 is 0. The molecule has 0 aliphatic carbocycles. The van der Waals surface area contributed by atoms with Crippen molar-refractivity contribution in [1.82, 2.24) is 34.5 Å². The Balaban J connectivity index is 1.55. The largest absolute Gasteiger partial charge is 0.339 e. The van der Waals surface area contributed by atoms with Crippen LogP contribution in [-0.2, 0) is 0 Å². The molecule has 0 atom stereocenters. The molecule has 4 heterocycles. The molecule has 0 saturated heterocycles. The lowest BCUT2D eigenvalue weighted by Crippen LogP contribution is -2.05. The summed E-state index contributed by atoms with van der Waals surface area (Å²) < 4.78 is 28.9. The molecular formula is C24H20F2N8O. The van der Waals surface area contributed by atoms with Crippen LogP contribution in [0.1, 0.15) is 35.2 Å². The Morgan fingerprint density at radius 1 is 1.06 bits per heavy atom. The molecule has 0 aliphatic heterocycles. The number of fused-ring (bicyclic) bond motifs is 1. The molecule has 1 N–H and O–H groups in total. The van der Waals surface area contributed by atoms with E-state index in [-0.39, 0.29) is 17.2 Å². The quantitative estimate of drug-likeness (QED) is 0.344. The average Bonchev–Trinajstić information content (AvgIpc) is 3.43. The number of rotatable bonds is 6. The number of hydrogen-bond acceptors (Lipinski definition) is 7. The third kappa shape index (κ3) is 4.12. The van der Waals surface area contributed by atoms with Crippen LogP contribution < -0.4 is 5.32 Å². The Bertz CT molecular complexity index is 1560. The van der Waals surface area contributed by atoms with E-state index in [1.807, 2.05) is 37.3 Å². The number of imidazole rings is 1. The van der Waals surface area contributed by atoms with Gasteiger partial charge in [-0.2, -0.15) is 19.0 Å². The van der Waals surface area contributed by atoms with Crippen molar-refractivity contribution >= 4 is 28.3 Å². The van der Waals surface area contributed by atoms with Crippen LogP contribution in [0, 0.1) is 13.8 Å². The number of benzene rings is 1. The summed E-state index contributed by atoms with van der Waals surface area (Å²) in [6.07, 6.45) is 2.92. The van der Waals surface area contributed by atoms with Gasteiger partial charge in [0.15, 0.2) is 11.6 Å². The Hall–Kier alpha value is -4.54. The summed E-state index contributed by atoms with van der Waals surface area (Å²) in [6, 6.07) is 12.7. The number of hydrogen-bond donors (Lipinski definition) is 1. The number of carbonyl (C=O) groups excluding carboxylic acids is 1. The molecule has 0 fully saturated rings. The van der Waals surface area contributed by atoms with Crippen molar-refractivity contribution in [2.45, 2.75) is 27.3 Å². The van der Waals surface area contributed by atoms with Crippen molar-refractivity contribution in [3.05, 3.63) is 71.9 Å². The lowest BCUT2D eigenvalue weighted by molar-refractivity contribution is 0.0545. The zero-order valence-electron chi connectivity index (χ0n) is 19.1. The molecule has 4 aromatic heterocycles. The Kier molecular flexibility index (Phi) is 5.51. The summed E-state index contributed by atoms with van der Waals surface area (Å²) in [5, 5.41) is 15.1. The van der Waals surface area contributed by atoms with Crippen molar-refractivity contribution in [2.24, 2.45) is 0 Å². The molecule has 0 aliphatic rings. The summed E-state index contributed by atoms with van der Waals surface area (Å²) in [5.41, 5.74) is 4.29. The van der Waals surface area contributed by atoms with Crippen LogP contribution in [0.15, 0.2) is 55.0 Å². The van der Waals surface area contributed by atoms with E-state index in [0.29, 0.717) is 33.0 Å². The molecule has 35 heavy (non-hydrogen) atoms. The number of ketones is 1. The van der Waals surface area contributed by atoms with Crippen molar-refractivity contribution in [3.63, 3.8) is 0 Å². The maximum atomic E-state index is 13.3. The molecular weight excluding hydrogens is 454 g/mol. The minimum absolute atomic E-state index is 0.220. The lowest BCUT2D eigenvalue weighted by Gasteiger charge is -2.11. The fraction of sp³-hybridized carbons (Fsp3) is 0.167.